The number of hydrogen-bond acceptors (Lipinski definition) is 3. The highest BCUT2D eigenvalue weighted by molar-refractivity contribution is 6.42. The minimum Gasteiger partial charge on any atom is -0.489 e. The molecule has 0 heterocycles. The molecule has 4 nitrogen and oxygen atoms in total. The van der Waals surface area contributed by atoms with Crippen LogP contribution in [-0.4, -0.2) is 30.3 Å². The predicted molar refractivity (Wildman–Crippen MR) is 80.4 cm³/mol. The molecule has 0 saturated carbocycles. The molecule has 0 spiro atoms. The molecule has 0 saturated heterocycles. The Bertz CT molecular complexity index is 503. The van der Waals surface area contributed by atoms with Gasteiger partial charge in [0.1, 0.15) is 23.5 Å². The molecule has 1 amide bonds. The number of ether oxygens (including phenoxy) is 1. The fourth-order valence-electron chi connectivity index (χ4n) is 1.32. The summed E-state index contributed by atoms with van der Waals surface area (Å²) >= 11 is 11.8. The molecule has 0 fully saturated rings. The molecule has 0 aliphatic rings. The molecule has 0 aliphatic heterocycles. The normalized spacial score (nSPS) is 12.9. The Morgan fingerprint density at radius 1 is 1.50 bits per heavy atom. The minimum atomic E-state index is -0.835. The summed E-state index contributed by atoms with van der Waals surface area (Å²) in [7, 11) is 0. The van der Waals surface area contributed by atoms with Crippen molar-refractivity contribution in [3.63, 3.8) is 0 Å². The van der Waals surface area contributed by atoms with Gasteiger partial charge in [0.15, 0.2) is 0 Å². The molecule has 0 aliphatic carbocycles. The lowest BCUT2D eigenvalue weighted by Gasteiger charge is -2.14. The van der Waals surface area contributed by atoms with Crippen LogP contribution in [0.5, 0.6) is 5.75 Å². The average Bonchev–Trinajstić information content (AvgIpc) is 2.45. The van der Waals surface area contributed by atoms with E-state index in [0.29, 0.717) is 21.4 Å². The Kier molecular flexibility index (Phi) is 6.85. The quantitative estimate of drug-likeness (QED) is 0.793. The molecule has 20 heavy (non-hydrogen) atoms. The number of benzene rings is 1. The molecule has 0 bridgehead atoms. The fraction of sp³-hybridized carbons (Fsp3) is 0.357. The van der Waals surface area contributed by atoms with Crippen LogP contribution >= 0.6 is 23.2 Å². The third kappa shape index (κ3) is 5.04. The van der Waals surface area contributed by atoms with Gasteiger partial charge < -0.3 is 15.2 Å². The maximum atomic E-state index is 11.5. The van der Waals surface area contributed by atoms with Gasteiger partial charge >= 0.3 is 0 Å². The van der Waals surface area contributed by atoms with Gasteiger partial charge in [-0.3, -0.25) is 4.79 Å². The van der Waals surface area contributed by atoms with Gasteiger partial charge in [0.2, 0.25) is 5.91 Å². The maximum Gasteiger partial charge on any atom is 0.246 e. The molecule has 1 atom stereocenters. The van der Waals surface area contributed by atoms with Crippen LogP contribution in [0.2, 0.25) is 10.0 Å². The van der Waals surface area contributed by atoms with Gasteiger partial charge in [0, 0.05) is 12.1 Å². The van der Waals surface area contributed by atoms with Gasteiger partial charge in [-0.05, 0) is 26.0 Å². The number of rotatable bonds is 6. The van der Waals surface area contributed by atoms with Crippen LogP contribution in [0.15, 0.2) is 29.8 Å². The highest BCUT2D eigenvalue weighted by Crippen LogP contribution is 2.31. The van der Waals surface area contributed by atoms with Gasteiger partial charge in [0.25, 0.3) is 0 Å². The van der Waals surface area contributed by atoms with E-state index in [4.69, 9.17) is 27.9 Å². The summed E-state index contributed by atoms with van der Waals surface area (Å²) in [6, 6.07) is 5.00. The van der Waals surface area contributed by atoms with Crippen LogP contribution in [0.3, 0.4) is 0 Å². The predicted octanol–water partition coefficient (Wildman–Crippen LogP) is 2.82. The van der Waals surface area contributed by atoms with Crippen LogP contribution in [0, 0.1) is 0 Å². The van der Waals surface area contributed by atoms with Gasteiger partial charge in [0.05, 0.1) is 5.02 Å². The van der Waals surface area contributed by atoms with Crippen LogP contribution in [0.4, 0.5) is 0 Å². The standard InChI is InChI=1S/C14H17Cl2NO3/c1-3-9(2)14(19)17-7-10(18)8-20-12-6-4-5-11(15)13(12)16/h3-6,10,18H,7-8H2,1-2H3,(H,17,19)/b9-3-. The van der Waals surface area contributed by atoms with Crippen LogP contribution < -0.4 is 10.1 Å². The monoisotopic (exact) mass is 317 g/mol. The number of amides is 1. The molecule has 2 N–H and O–H groups in total. The van der Waals surface area contributed by atoms with Gasteiger partial charge in [-0.15, -0.1) is 0 Å². The van der Waals surface area contributed by atoms with E-state index in [0.717, 1.165) is 0 Å². The number of carbonyl (C=O) groups is 1. The van der Waals surface area contributed by atoms with E-state index in [1.165, 1.54) is 0 Å². The first-order chi connectivity index (χ1) is 9.45. The van der Waals surface area contributed by atoms with E-state index in [1.807, 2.05) is 0 Å². The second kappa shape index (κ2) is 8.15. The summed E-state index contributed by atoms with van der Waals surface area (Å²) in [5, 5.41) is 13.0. The SMILES string of the molecule is C/C=C(/C)C(=O)NCC(O)COc1cccc(Cl)c1Cl. The number of aliphatic hydroxyl groups excluding tert-OH is 1. The molecule has 1 unspecified atom stereocenters. The van der Waals surface area contributed by atoms with E-state index in [1.54, 1.807) is 38.1 Å². The summed E-state index contributed by atoms with van der Waals surface area (Å²) in [5.74, 6) is 0.182. The first-order valence-corrected chi connectivity index (χ1v) is 6.87. The number of allylic oxidation sites excluding steroid dienone is 1. The second-order valence-electron chi connectivity index (χ2n) is 4.20. The molecule has 1 aromatic rings. The summed E-state index contributed by atoms with van der Waals surface area (Å²) in [5.41, 5.74) is 0.594. The van der Waals surface area contributed by atoms with E-state index in [2.05, 4.69) is 5.32 Å². The summed E-state index contributed by atoms with van der Waals surface area (Å²) in [4.78, 5) is 11.5. The average molecular weight is 318 g/mol. The maximum absolute atomic E-state index is 11.5. The highest BCUT2D eigenvalue weighted by Gasteiger charge is 2.11. The van der Waals surface area contributed by atoms with E-state index >= 15 is 0 Å². The molecule has 1 aromatic carbocycles. The molecule has 1 rings (SSSR count). The topological polar surface area (TPSA) is 58.6 Å². The molecule has 110 valence electrons. The highest BCUT2D eigenvalue weighted by atomic mass is 35.5. The van der Waals surface area contributed by atoms with Crippen molar-refractivity contribution in [1.82, 2.24) is 5.32 Å². The molecular formula is C14H17Cl2NO3. The summed E-state index contributed by atoms with van der Waals surface area (Å²) < 4.78 is 5.37. The third-order valence-electron chi connectivity index (χ3n) is 2.64. The number of nitrogens with one attached hydrogen (secondary N) is 1. The van der Waals surface area contributed by atoms with Crippen molar-refractivity contribution in [2.45, 2.75) is 20.0 Å². The lowest BCUT2D eigenvalue weighted by molar-refractivity contribution is -0.118. The van der Waals surface area contributed by atoms with Crippen molar-refractivity contribution in [2.24, 2.45) is 0 Å². The molecule has 0 aromatic heterocycles. The zero-order valence-corrected chi connectivity index (χ0v) is 12.8. The lowest BCUT2D eigenvalue weighted by atomic mass is 10.2. The van der Waals surface area contributed by atoms with E-state index in [9.17, 15) is 9.90 Å². The van der Waals surface area contributed by atoms with Crippen LogP contribution in [0.1, 0.15) is 13.8 Å². The largest absolute Gasteiger partial charge is 0.489 e. The third-order valence-corrected chi connectivity index (χ3v) is 3.44. The molecule has 0 radical (unpaired) electrons. The number of hydrogen-bond donors (Lipinski definition) is 2. The second-order valence-corrected chi connectivity index (χ2v) is 4.98. The Hall–Kier alpha value is -1.23. The fourth-order valence-corrected chi connectivity index (χ4v) is 1.67. The van der Waals surface area contributed by atoms with Crippen molar-refractivity contribution in [2.75, 3.05) is 13.2 Å². The lowest BCUT2D eigenvalue weighted by Crippen LogP contribution is -2.35. The first kappa shape index (κ1) is 16.8. The zero-order chi connectivity index (χ0) is 15.1. The van der Waals surface area contributed by atoms with Gasteiger partial charge in [-0.25, -0.2) is 0 Å². The minimum absolute atomic E-state index is 0.00916. The van der Waals surface area contributed by atoms with Crippen LogP contribution in [0.25, 0.3) is 0 Å². The number of halogens is 2. The Labute approximate surface area is 128 Å². The smallest absolute Gasteiger partial charge is 0.246 e. The molecular weight excluding hydrogens is 301 g/mol. The summed E-state index contributed by atoms with van der Waals surface area (Å²) in [6.07, 6.45) is 0.864. The van der Waals surface area contributed by atoms with Crippen molar-refractivity contribution in [1.29, 1.82) is 0 Å². The van der Waals surface area contributed by atoms with Gasteiger partial charge in [-0.1, -0.05) is 35.3 Å². The Balaban J connectivity index is 2.42. The number of aliphatic hydroxyl groups is 1. The van der Waals surface area contributed by atoms with Gasteiger partial charge in [-0.2, -0.15) is 0 Å². The van der Waals surface area contributed by atoms with Crippen molar-refractivity contribution < 1.29 is 14.6 Å². The van der Waals surface area contributed by atoms with E-state index < -0.39 is 6.10 Å². The van der Waals surface area contributed by atoms with Crippen molar-refractivity contribution in [3.05, 3.63) is 39.9 Å². The van der Waals surface area contributed by atoms with Crippen LogP contribution in [-0.2, 0) is 4.79 Å². The first-order valence-electron chi connectivity index (χ1n) is 6.11. The zero-order valence-electron chi connectivity index (χ0n) is 11.3. The van der Waals surface area contributed by atoms with Crippen molar-refractivity contribution in [3.8, 4) is 5.75 Å². The Morgan fingerprint density at radius 3 is 2.85 bits per heavy atom. The molecule has 6 heteroatoms. The summed E-state index contributed by atoms with van der Waals surface area (Å²) in [6.45, 7) is 3.58. The Morgan fingerprint density at radius 2 is 2.20 bits per heavy atom. The number of carbonyl (C=O) groups excluding carboxylic acids is 1. The van der Waals surface area contributed by atoms with Crippen molar-refractivity contribution >= 4 is 29.1 Å². The van der Waals surface area contributed by atoms with E-state index in [-0.39, 0.29) is 19.1 Å².